The minimum Gasteiger partial charge on any atom is -0.314 e. The largest absolute Gasteiger partial charge is 0.314 e. The molecule has 0 spiro atoms. The van der Waals surface area contributed by atoms with Crippen molar-refractivity contribution < 1.29 is 17.6 Å². The van der Waals surface area contributed by atoms with Crippen LogP contribution in [0.4, 0.5) is 17.6 Å². The van der Waals surface area contributed by atoms with Gasteiger partial charge in [0.2, 0.25) is 0 Å². The summed E-state index contributed by atoms with van der Waals surface area (Å²) in [6, 6.07) is 0.687. The Morgan fingerprint density at radius 3 is 2.12 bits per heavy atom. The van der Waals surface area contributed by atoms with Crippen LogP contribution in [0.3, 0.4) is 0 Å². The molecule has 1 nitrogen and oxygen atoms in total. The van der Waals surface area contributed by atoms with Crippen molar-refractivity contribution >= 4 is 0 Å². The fourth-order valence-electron chi connectivity index (χ4n) is 1.31. The van der Waals surface area contributed by atoms with Crippen LogP contribution in [0.25, 0.3) is 0 Å². The molecular weight excluding hydrogens is 222 g/mol. The van der Waals surface area contributed by atoms with Crippen molar-refractivity contribution in [2.75, 3.05) is 7.05 Å². The van der Waals surface area contributed by atoms with E-state index in [1.807, 2.05) is 0 Å². The van der Waals surface area contributed by atoms with Crippen LogP contribution >= 0.6 is 0 Å². The van der Waals surface area contributed by atoms with Gasteiger partial charge >= 0.3 is 0 Å². The highest BCUT2D eigenvalue weighted by Gasteiger charge is 2.23. The maximum atomic E-state index is 13.3. The molecule has 0 saturated heterocycles. The molecule has 0 radical (unpaired) electrons. The molecule has 1 aromatic rings. The number of rotatable bonds is 3. The van der Waals surface area contributed by atoms with Gasteiger partial charge in [0, 0.05) is 5.54 Å². The fraction of sp³-hybridized carbons (Fsp3) is 0.455. The van der Waals surface area contributed by atoms with Gasteiger partial charge in [0.25, 0.3) is 0 Å². The van der Waals surface area contributed by atoms with Crippen LogP contribution in [-0.2, 0) is 6.42 Å². The molecule has 0 bridgehead atoms. The van der Waals surface area contributed by atoms with Crippen LogP contribution in [0.15, 0.2) is 6.07 Å². The summed E-state index contributed by atoms with van der Waals surface area (Å²) in [7, 11) is 1.65. The van der Waals surface area contributed by atoms with Gasteiger partial charge in [-0.2, -0.15) is 0 Å². The lowest BCUT2D eigenvalue weighted by atomic mass is 9.94. The van der Waals surface area contributed by atoms with Crippen LogP contribution in [0.2, 0.25) is 0 Å². The van der Waals surface area contributed by atoms with Gasteiger partial charge in [-0.05, 0) is 38.9 Å². The molecule has 0 aliphatic heterocycles. The van der Waals surface area contributed by atoms with E-state index in [1.165, 1.54) is 0 Å². The Morgan fingerprint density at radius 1 is 1.06 bits per heavy atom. The van der Waals surface area contributed by atoms with E-state index in [9.17, 15) is 17.6 Å². The summed E-state index contributed by atoms with van der Waals surface area (Å²) >= 11 is 0. The van der Waals surface area contributed by atoms with E-state index in [0.717, 1.165) is 0 Å². The predicted octanol–water partition coefficient (Wildman–Crippen LogP) is 2.78. The van der Waals surface area contributed by atoms with E-state index in [2.05, 4.69) is 5.32 Å². The molecule has 0 aliphatic carbocycles. The first-order valence-electron chi connectivity index (χ1n) is 4.79. The topological polar surface area (TPSA) is 12.0 Å². The summed E-state index contributed by atoms with van der Waals surface area (Å²) in [5.74, 6) is -6.24. The van der Waals surface area contributed by atoms with Gasteiger partial charge in [-0.3, -0.25) is 0 Å². The number of hydrogen-bond donors (Lipinski definition) is 1. The summed E-state index contributed by atoms with van der Waals surface area (Å²) in [5, 5.41) is 2.87. The molecule has 0 amide bonds. The monoisotopic (exact) mass is 235 g/mol. The minimum atomic E-state index is -1.77. The normalized spacial score (nSPS) is 11.9. The van der Waals surface area contributed by atoms with Gasteiger partial charge in [-0.25, -0.2) is 17.6 Å². The second-order valence-corrected chi connectivity index (χ2v) is 4.27. The Hall–Kier alpha value is -1.10. The number of hydrogen-bond acceptors (Lipinski definition) is 1. The Morgan fingerprint density at radius 2 is 1.62 bits per heavy atom. The summed E-state index contributed by atoms with van der Waals surface area (Å²) < 4.78 is 51.8. The Bertz CT molecular complexity index is 401. The molecule has 16 heavy (non-hydrogen) atoms. The van der Waals surface area contributed by atoms with Crippen molar-refractivity contribution in [2.24, 2.45) is 0 Å². The first-order chi connectivity index (χ1) is 7.28. The smallest absolute Gasteiger partial charge is 0.197 e. The maximum Gasteiger partial charge on any atom is 0.197 e. The van der Waals surface area contributed by atoms with Gasteiger partial charge in [0.05, 0.1) is 0 Å². The number of benzene rings is 1. The zero-order chi connectivity index (χ0) is 12.5. The second-order valence-electron chi connectivity index (χ2n) is 4.27. The molecule has 0 fully saturated rings. The first-order valence-corrected chi connectivity index (χ1v) is 4.79. The van der Waals surface area contributed by atoms with Crippen molar-refractivity contribution in [1.82, 2.24) is 5.32 Å². The average molecular weight is 235 g/mol. The van der Waals surface area contributed by atoms with Crippen LogP contribution in [0, 0.1) is 23.3 Å². The SMILES string of the molecule is CNC(C)(C)Cc1cc(F)c(F)c(F)c1F. The second kappa shape index (κ2) is 4.41. The highest BCUT2D eigenvalue weighted by Crippen LogP contribution is 2.22. The zero-order valence-corrected chi connectivity index (χ0v) is 9.30. The predicted molar refractivity (Wildman–Crippen MR) is 53.1 cm³/mol. The zero-order valence-electron chi connectivity index (χ0n) is 9.30. The highest BCUT2D eigenvalue weighted by atomic mass is 19.2. The number of halogens is 4. The molecular formula is C11H13F4N. The molecule has 0 saturated carbocycles. The average Bonchev–Trinajstić information content (AvgIpc) is 2.22. The van der Waals surface area contributed by atoms with E-state index in [0.29, 0.717) is 6.07 Å². The Labute approximate surface area is 91.5 Å². The Balaban J connectivity index is 3.16. The molecule has 0 aliphatic rings. The van der Waals surface area contributed by atoms with Crippen LogP contribution in [-0.4, -0.2) is 12.6 Å². The molecule has 0 aromatic heterocycles. The van der Waals surface area contributed by atoms with Gasteiger partial charge in [-0.15, -0.1) is 0 Å². The summed E-state index contributed by atoms with van der Waals surface area (Å²) in [6.45, 7) is 3.48. The van der Waals surface area contributed by atoms with E-state index in [4.69, 9.17) is 0 Å². The number of likely N-dealkylation sites (N-methyl/N-ethyl adjacent to an activating group) is 1. The van der Waals surface area contributed by atoms with Gasteiger partial charge in [0.1, 0.15) is 0 Å². The van der Waals surface area contributed by atoms with Crippen molar-refractivity contribution in [3.63, 3.8) is 0 Å². The van der Waals surface area contributed by atoms with E-state index in [-0.39, 0.29) is 12.0 Å². The molecule has 90 valence electrons. The lowest BCUT2D eigenvalue weighted by Gasteiger charge is -2.24. The molecule has 1 rings (SSSR count). The lowest BCUT2D eigenvalue weighted by Crippen LogP contribution is -2.38. The van der Waals surface area contributed by atoms with Crippen molar-refractivity contribution in [2.45, 2.75) is 25.8 Å². The minimum absolute atomic E-state index is 0.0590. The summed E-state index contributed by atoms with van der Waals surface area (Å²) in [5.41, 5.74) is -0.715. The van der Waals surface area contributed by atoms with Crippen molar-refractivity contribution in [1.29, 1.82) is 0 Å². The van der Waals surface area contributed by atoms with Crippen LogP contribution in [0.1, 0.15) is 19.4 Å². The third-order valence-corrected chi connectivity index (χ3v) is 2.49. The third kappa shape index (κ3) is 2.52. The van der Waals surface area contributed by atoms with Crippen LogP contribution in [0.5, 0.6) is 0 Å². The van der Waals surface area contributed by atoms with Gasteiger partial charge < -0.3 is 5.32 Å². The van der Waals surface area contributed by atoms with E-state index < -0.39 is 28.8 Å². The number of nitrogens with one attached hydrogen (secondary N) is 1. The van der Waals surface area contributed by atoms with Crippen molar-refractivity contribution in [3.05, 3.63) is 34.9 Å². The van der Waals surface area contributed by atoms with Crippen molar-refractivity contribution in [3.8, 4) is 0 Å². The quantitative estimate of drug-likeness (QED) is 0.482. The standard InChI is InChI=1S/C11H13F4N/c1-11(2,16-3)5-6-4-7(12)9(14)10(15)8(6)13/h4,16H,5H2,1-3H3. The van der Waals surface area contributed by atoms with Crippen LogP contribution < -0.4 is 5.32 Å². The summed E-state index contributed by atoms with van der Waals surface area (Å²) in [4.78, 5) is 0. The third-order valence-electron chi connectivity index (χ3n) is 2.49. The molecule has 0 atom stereocenters. The first kappa shape index (κ1) is 13.0. The Kier molecular flexibility index (Phi) is 3.57. The molecule has 5 heteroatoms. The lowest BCUT2D eigenvalue weighted by molar-refractivity contribution is 0.381. The summed E-state index contributed by atoms with van der Waals surface area (Å²) in [6.07, 6.45) is 0.0590. The van der Waals surface area contributed by atoms with Gasteiger partial charge in [0.15, 0.2) is 23.3 Å². The molecule has 0 heterocycles. The fourth-order valence-corrected chi connectivity index (χ4v) is 1.31. The molecule has 0 unspecified atom stereocenters. The van der Waals surface area contributed by atoms with E-state index >= 15 is 0 Å². The van der Waals surface area contributed by atoms with E-state index in [1.54, 1.807) is 20.9 Å². The highest BCUT2D eigenvalue weighted by molar-refractivity contribution is 5.23. The molecule has 1 N–H and O–H groups in total. The molecule has 1 aromatic carbocycles. The maximum absolute atomic E-state index is 13.3. The van der Waals surface area contributed by atoms with Gasteiger partial charge in [-0.1, -0.05) is 0 Å².